The molecule has 2 rings (SSSR count). The average molecular weight is 585 g/mol. The highest BCUT2D eigenvalue weighted by Crippen LogP contribution is 2.39. The zero-order valence-corrected chi connectivity index (χ0v) is 26.0. The maximum atomic E-state index is 10.6. The fraction of sp³-hybridized carbons (Fsp3) is 0.586. The Balaban J connectivity index is 2.10. The molecule has 0 radical (unpaired) electrons. The number of hydrogen-bond acceptors (Lipinski definition) is 8. The van der Waals surface area contributed by atoms with Crippen molar-refractivity contribution in [3.8, 4) is 11.5 Å². The molecule has 2 unspecified atom stereocenters. The van der Waals surface area contributed by atoms with Crippen LogP contribution in [0.2, 0.25) is 0 Å². The average Bonchev–Trinajstić information content (AvgIpc) is 2.88. The van der Waals surface area contributed by atoms with E-state index in [2.05, 4.69) is 12.1 Å². The molecule has 0 aromatic heterocycles. The van der Waals surface area contributed by atoms with E-state index < -0.39 is 29.0 Å². The minimum absolute atomic E-state index is 0.140. The van der Waals surface area contributed by atoms with Crippen LogP contribution in [0.5, 0.6) is 11.5 Å². The molecule has 2 N–H and O–H groups in total. The molecule has 0 saturated heterocycles. The maximum Gasteiger partial charge on any atom is 0.173 e. The molecule has 0 fully saturated rings. The van der Waals surface area contributed by atoms with Crippen molar-refractivity contribution in [1.82, 2.24) is 0 Å². The number of aryl methyl sites for hydroxylation is 2. The Hall–Kier alpha value is -1.34. The van der Waals surface area contributed by atoms with Crippen molar-refractivity contribution in [2.45, 2.75) is 60.2 Å². The predicted octanol–water partition coefficient (Wildman–Crippen LogP) is 6.14. The number of rotatable bonds is 20. The molecule has 0 aliphatic rings. The normalized spacial score (nSPS) is 13.2. The molecule has 0 saturated carbocycles. The molecule has 39 heavy (non-hydrogen) atoms. The van der Waals surface area contributed by atoms with Crippen molar-refractivity contribution in [3.63, 3.8) is 0 Å². The minimum Gasteiger partial charge on any atom is -0.491 e. The van der Waals surface area contributed by atoms with Gasteiger partial charge in [-0.25, -0.2) is 0 Å². The zero-order valence-electron chi connectivity index (χ0n) is 24.2. The van der Waals surface area contributed by atoms with E-state index in [4.69, 9.17) is 27.6 Å². The van der Waals surface area contributed by atoms with Crippen LogP contribution in [0.15, 0.2) is 36.4 Å². The lowest BCUT2D eigenvalue weighted by atomic mass is 10.00. The molecular weight excluding hydrogens is 538 g/mol. The first-order valence-corrected chi connectivity index (χ1v) is 16.4. The predicted molar refractivity (Wildman–Crippen MR) is 158 cm³/mol. The largest absolute Gasteiger partial charge is 0.491 e. The van der Waals surface area contributed by atoms with Crippen LogP contribution in [-0.4, -0.2) is 74.4 Å². The van der Waals surface area contributed by atoms with Gasteiger partial charge in [0.1, 0.15) is 24.7 Å². The zero-order chi connectivity index (χ0) is 28.6. The van der Waals surface area contributed by atoms with Crippen molar-refractivity contribution in [3.05, 3.63) is 58.7 Å². The fourth-order valence-corrected chi connectivity index (χ4v) is 6.48. The van der Waals surface area contributed by atoms with E-state index in [1.807, 2.05) is 65.8 Å². The lowest BCUT2D eigenvalue weighted by Crippen LogP contribution is -2.22. The second-order valence-corrected chi connectivity index (χ2v) is 12.1. The van der Waals surface area contributed by atoms with E-state index >= 15 is 0 Å². The summed E-state index contributed by atoms with van der Waals surface area (Å²) in [4.78, 5) is 0. The van der Waals surface area contributed by atoms with Gasteiger partial charge in [-0.1, -0.05) is 35.4 Å². The molecule has 0 heterocycles. The SMILES string of the molecule is CCOP(CC(O)COc1ccc(C)cc1Cc1cc(C)ccc1OCC(O)CP(OCC)OCC)OCC. The number of ether oxygens (including phenoxy) is 2. The molecule has 2 atom stereocenters. The summed E-state index contributed by atoms with van der Waals surface area (Å²) >= 11 is 0. The van der Waals surface area contributed by atoms with Gasteiger partial charge in [0.25, 0.3) is 0 Å². The topological polar surface area (TPSA) is 95.8 Å². The monoisotopic (exact) mass is 584 g/mol. The van der Waals surface area contributed by atoms with Gasteiger partial charge in [0, 0.05) is 18.7 Å². The summed E-state index contributed by atoms with van der Waals surface area (Å²) < 4.78 is 34.6. The molecule has 0 spiro atoms. The lowest BCUT2D eigenvalue weighted by molar-refractivity contribution is 0.118. The van der Waals surface area contributed by atoms with Crippen LogP contribution in [0.1, 0.15) is 49.9 Å². The van der Waals surface area contributed by atoms with Crippen LogP contribution in [0, 0.1) is 13.8 Å². The van der Waals surface area contributed by atoms with E-state index in [0.717, 1.165) is 22.3 Å². The minimum atomic E-state index is -1.14. The number of hydrogen-bond donors (Lipinski definition) is 2. The van der Waals surface area contributed by atoms with Gasteiger partial charge in [0.2, 0.25) is 0 Å². The Morgan fingerprint density at radius 3 is 1.31 bits per heavy atom. The first kappa shape index (κ1) is 33.9. The van der Waals surface area contributed by atoms with Crippen molar-refractivity contribution in [2.24, 2.45) is 0 Å². The Kier molecular flexibility index (Phi) is 16.4. The highest BCUT2D eigenvalue weighted by Gasteiger charge is 2.19. The summed E-state index contributed by atoms with van der Waals surface area (Å²) in [5, 5.41) is 21.1. The molecule has 0 aliphatic heterocycles. The second-order valence-electron chi connectivity index (χ2n) is 9.03. The van der Waals surface area contributed by atoms with E-state index in [9.17, 15) is 10.2 Å². The van der Waals surface area contributed by atoms with Crippen LogP contribution >= 0.6 is 16.8 Å². The van der Waals surface area contributed by atoms with Gasteiger partial charge in [0.15, 0.2) is 16.8 Å². The third kappa shape index (κ3) is 12.8. The highest BCUT2D eigenvalue weighted by atomic mass is 31.2. The molecule has 8 nitrogen and oxygen atoms in total. The van der Waals surface area contributed by atoms with Crippen molar-refractivity contribution in [1.29, 1.82) is 0 Å². The number of aliphatic hydroxyl groups excluding tert-OH is 2. The standard InChI is InChI=1S/C29H46O8P2/c1-7-34-38(35-8-2)20-26(30)18-32-28-13-11-22(5)15-24(28)17-25-16-23(6)12-14-29(25)33-19-27(31)21-39(36-9-3)37-10-4/h11-16,26-27,30-31H,7-10,17-21H2,1-6H3. The van der Waals surface area contributed by atoms with E-state index in [1.165, 1.54) is 0 Å². The van der Waals surface area contributed by atoms with Gasteiger partial charge >= 0.3 is 0 Å². The molecule has 10 heteroatoms. The quantitative estimate of drug-likeness (QED) is 0.179. The summed E-state index contributed by atoms with van der Waals surface area (Å²) in [5.74, 6) is 1.42. The van der Waals surface area contributed by atoms with Gasteiger partial charge in [-0.2, -0.15) is 0 Å². The Morgan fingerprint density at radius 1 is 0.615 bits per heavy atom. The van der Waals surface area contributed by atoms with Crippen LogP contribution in [0.3, 0.4) is 0 Å². The van der Waals surface area contributed by atoms with Crippen molar-refractivity contribution >= 4 is 16.8 Å². The van der Waals surface area contributed by atoms with Crippen LogP contribution < -0.4 is 9.47 Å². The molecule has 0 bridgehead atoms. The summed E-state index contributed by atoms with van der Waals surface area (Å²) in [6, 6.07) is 12.1. The third-order valence-corrected chi connectivity index (χ3v) is 9.11. The van der Waals surface area contributed by atoms with Crippen LogP contribution in [0.25, 0.3) is 0 Å². The van der Waals surface area contributed by atoms with Gasteiger partial charge in [-0.05, 0) is 64.8 Å². The summed E-state index contributed by atoms with van der Waals surface area (Å²) in [6.45, 7) is 14.2. The molecule has 220 valence electrons. The molecule has 2 aromatic carbocycles. The van der Waals surface area contributed by atoms with E-state index in [1.54, 1.807) is 0 Å². The van der Waals surface area contributed by atoms with Gasteiger partial charge in [-0.15, -0.1) is 0 Å². The Morgan fingerprint density at radius 2 is 0.974 bits per heavy atom. The van der Waals surface area contributed by atoms with Crippen molar-refractivity contribution < 1.29 is 37.8 Å². The fourth-order valence-electron chi connectivity index (χ4n) is 3.86. The molecule has 0 amide bonds. The van der Waals surface area contributed by atoms with Crippen molar-refractivity contribution in [2.75, 3.05) is 52.0 Å². The van der Waals surface area contributed by atoms with Crippen LogP contribution in [-0.2, 0) is 24.5 Å². The third-order valence-electron chi connectivity index (χ3n) is 5.49. The molecule has 2 aromatic rings. The highest BCUT2D eigenvalue weighted by molar-refractivity contribution is 7.47. The maximum absolute atomic E-state index is 10.6. The summed E-state index contributed by atoms with van der Waals surface area (Å²) in [7, 11) is -2.29. The van der Waals surface area contributed by atoms with Gasteiger partial charge in [-0.3, -0.25) is 0 Å². The lowest BCUT2D eigenvalue weighted by Gasteiger charge is -2.21. The van der Waals surface area contributed by atoms with E-state index in [0.29, 0.717) is 56.7 Å². The van der Waals surface area contributed by atoms with Crippen LogP contribution in [0.4, 0.5) is 0 Å². The number of benzene rings is 2. The Bertz CT molecular complexity index is 873. The first-order chi connectivity index (χ1) is 18.8. The summed E-state index contributed by atoms with van der Waals surface area (Å²) in [6.07, 6.45) is -0.0469. The molecular formula is C29H46O8P2. The first-order valence-electron chi connectivity index (χ1n) is 13.7. The number of aliphatic hydroxyl groups is 2. The summed E-state index contributed by atoms with van der Waals surface area (Å²) in [5.41, 5.74) is 4.21. The Labute approximate surface area is 236 Å². The second kappa shape index (κ2) is 18.9. The van der Waals surface area contributed by atoms with E-state index in [-0.39, 0.29) is 13.2 Å². The smallest absolute Gasteiger partial charge is 0.173 e. The van der Waals surface area contributed by atoms with Gasteiger partial charge < -0.3 is 37.8 Å². The molecule has 0 aliphatic carbocycles. The van der Waals surface area contributed by atoms with Gasteiger partial charge in [0.05, 0.1) is 38.6 Å².